The molecule has 0 aliphatic carbocycles. The first-order chi connectivity index (χ1) is 7.97. The SMILES string of the molecule is Cc1nn(-c2nc(N)nc(N(C)C)n2)cc1Cl. The van der Waals surface area contributed by atoms with E-state index in [-0.39, 0.29) is 5.95 Å². The van der Waals surface area contributed by atoms with Crippen molar-refractivity contribution in [2.75, 3.05) is 24.7 Å². The number of nitrogens with two attached hydrogens (primary N) is 1. The number of rotatable bonds is 2. The van der Waals surface area contributed by atoms with Gasteiger partial charge in [-0.15, -0.1) is 0 Å². The first-order valence-corrected chi connectivity index (χ1v) is 5.26. The molecular weight excluding hydrogens is 242 g/mol. The molecule has 2 N–H and O–H groups in total. The highest BCUT2D eigenvalue weighted by Crippen LogP contribution is 2.15. The first kappa shape index (κ1) is 11.6. The van der Waals surface area contributed by atoms with Crippen LogP contribution in [0.15, 0.2) is 6.20 Å². The molecule has 8 heteroatoms. The molecule has 0 amide bonds. The van der Waals surface area contributed by atoms with Crippen LogP contribution in [0.2, 0.25) is 5.02 Å². The summed E-state index contributed by atoms with van der Waals surface area (Å²) in [7, 11) is 3.64. The Labute approximate surface area is 103 Å². The predicted octanol–water partition coefficient (Wildman–Crippen LogP) is 0.667. The van der Waals surface area contributed by atoms with E-state index in [9.17, 15) is 0 Å². The van der Waals surface area contributed by atoms with Crippen LogP contribution in [0.1, 0.15) is 5.69 Å². The van der Waals surface area contributed by atoms with Crippen molar-refractivity contribution in [3.63, 3.8) is 0 Å². The van der Waals surface area contributed by atoms with Gasteiger partial charge in [0.15, 0.2) is 0 Å². The molecule has 0 aromatic carbocycles. The van der Waals surface area contributed by atoms with E-state index in [1.165, 1.54) is 4.68 Å². The van der Waals surface area contributed by atoms with Gasteiger partial charge in [0.1, 0.15) is 0 Å². The highest BCUT2D eigenvalue weighted by molar-refractivity contribution is 6.31. The van der Waals surface area contributed by atoms with Gasteiger partial charge in [-0.1, -0.05) is 11.6 Å². The van der Waals surface area contributed by atoms with E-state index in [0.717, 1.165) is 0 Å². The summed E-state index contributed by atoms with van der Waals surface area (Å²) in [5.74, 6) is 0.955. The van der Waals surface area contributed by atoms with Crippen LogP contribution in [0.5, 0.6) is 0 Å². The molecule has 0 fully saturated rings. The molecule has 2 heterocycles. The molecule has 0 bridgehead atoms. The van der Waals surface area contributed by atoms with Crippen molar-refractivity contribution < 1.29 is 0 Å². The molecule has 0 radical (unpaired) electrons. The molecule has 7 nitrogen and oxygen atoms in total. The van der Waals surface area contributed by atoms with Crippen LogP contribution >= 0.6 is 11.6 Å². The zero-order chi connectivity index (χ0) is 12.6. The monoisotopic (exact) mass is 253 g/mol. The van der Waals surface area contributed by atoms with Crippen molar-refractivity contribution in [2.45, 2.75) is 6.92 Å². The normalized spacial score (nSPS) is 10.6. The molecule has 2 aromatic rings. The fourth-order valence-corrected chi connectivity index (χ4v) is 1.34. The lowest BCUT2D eigenvalue weighted by Crippen LogP contribution is -2.17. The third-order valence-corrected chi connectivity index (χ3v) is 2.44. The van der Waals surface area contributed by atoms with Gasteiger partial charge >= 0.3 is 0 Å². The fraction of sp³-hybridized carbons (Fsp3) is 0.333. The average molecular weight is 254 g/mol. The Morgan fingerprint density at radius 1 is 1.29 bits per heavy atom. The fourth-order valence-electron chi connectivity index (χ4n) is 1.21. The number of hydrogen-bond donors (Lipinski definition) is 1. The number of halogens is 1. The minimum Gasteiger partial charge on any atom is -0.368 e. The summed E-state index contributed by atoms with van der Waals surface area (Å²) >= 11 is 5.93. The standard InChI is InChI=1S/C9H12ClN7/c1-5-6(10)4-17(15-5)9-13-7(11)12-8(14-9)16(2)3/h4H,1-3H3,(H2,11,12,13,14). The van der Waals surface area contributed by atoms with Gasteiger partial charge in [-0.3, -0.25) is 0 Å². The number of hydrogen-bond acceptors (Lipinski definition) is 6. The van der Waals surface area contributed by atoms with Crippen LogP contribution in [-0.4, -0.2) is 38.8 Å². The van der Waals surface area contributed by atoms with Crippen molar-refractivity contribution in [1.29, 1.82) is 0 Å². The van der Waals surface area contributed by atoms with Crippen molar-refractivity contribution >= 4 is 23.5 Å². The molecule has 0 unspecified atom stereocenters. The molecule has 0 atom stereocenters. The molecule has 90 valence electrons. The third kappa shape index (κ3) is 2.28. The van der Waals surface area contributed by atoms with Gasteiger partial charge in [-0.25, -0.2) is 4.68 Å². The Morgan fingerprint density at radius 2 is 2.00 bits per heavy atom. The summed E-state index contributed by atoms with van der Waals surface area (Å²) in [6.07, 6.45) is 1.63. The van der Waals surface area contributed by atoms with Crippen molar-refractivity contribution in [2.24, 2.45) is 0 Å². The summed E-state index contributed by atoms with van der Waals surface area (Å²) in [5.41, 5.74) is 6.32. The Morgan fingerprint density at radius 3 is 2.53 bits per heavy atom. The Balaban J connectivity index is 2.51. The Hall–Kier alpha value is -1.89. The molecule has 17 heavy (non-hydrogen) atoms. The molecule has 2 rings (SSSR count). The van der Waals surface area contributed by atoms with E-state index in [1.807, 2.05) is 14.1 Å². The van der Waals surface area contributed by atoms with E-state index in [4.69, 9.17) is 17.3 Å². The second-order valence-corrected chi connectivity index (χ2v) is 4.10. The second-order valence-electron chi connectivity index (χ2n) is 3.70. The summed E-state index contributed by atoms with van der Waals surface area (Å²) in [5, 5.41) is 4.73. The van der Waals surface area contributed by atoms with E-state index in [1.54, 1.807) is 18.0 Å². The van der Waals surface area contributed by atoms with E-state index >= 15 is 0 Å². The van der Waals surface area contributed by atoms with Gasteiger partial charge in [-0.2, -0.15) is 20.1 Å². The van der Waals surface area contributed by atoms with Crippen LogP contribution in [0.25, 0.3) is 5.95 Å². The molecular formula is C9H12ClN7. The molecule has 0 saturated carbocycles. The quantitative estimate of drug-likeness (QED) is 0.847. The van der Waals surface area contributed by atoms with Crippen LogP contribution < -0.4 is 10.6 Å². The maximum atomic E-state index is 5.93. The van der Waals surface area contributed by atoms with E-state index in [0.29, 0.717) is 22.6 Å². The van der Waals surface area contributed by atoms with Gasteiger partial charge in [0.05, 0.1) is 16.9 Å². The number of aromatic nitrogens is 5. The van der Waals surface area contributed by atoms with Gasteiger partial charge in [0.2, 0.25) is 11.9 Å². The van der Waals surface area contributed by atoms with Crippen molar-refractivity contribution in [3.05, 3.63) is 16.9 Å². The highest BCUT2D eigenvalue weighted by Gasteiger charge is 2.10. The predicted molar refractivity (Wildman–Crippen MR) is 65.4 cm³/mol. The molecule has 0 saturated heterocycles. The lowest BCUT2D eigenvalue weighted by Gasteiger charge is -2.10. The average Bonchev–Trinajstić information content (AvgIpc) is 2.58. The number of nitrogen functional groups attached to an aromatic ring is 1. The molecule has 0 spiro atoms. The van der Waals surface area contributed by atoms with Crippen LogP contribution in [-0.2, 0) is 0 Å². The van der Waals surface area contributed by atoms with E-state index in [2.05, 4.69) is 20.1 Å². The summed E-state index contributed by atoms with van der Waals surface area (Å²) in [6, 6.07) is 0. The first-order valence-electron chi connectivity index (χ1n) is 4.88. The summed E-state index contributed by atoms with van der Waals surface area (Å²) < 4.78 is 1.47. The van der Waals surface area contributed by atoms with Crippen molar-refractivity contribution in [1.82, 2.24) is 24.7 Å². The molecule has 2 aromatic heterocycles. The number of anilines is 2. The van der Waals surface area contributed by atoms with Crippen LogP contribution in [0.4, 0.5) is 11.9 Å². The van der Waals surface area contributed by atoms with Crippen LogP contribution in [0, 0.1) is 6.92 Å². The largest absolute Gasteiger partial charge is 0.368 e. The lowest BCUT2D eigenvalue weighted by atomic mass is 10.5. The van der Waals surface area contributed by atoms with Gasteiger partial charge in [-0.05, 0) is 6.92 Å². The maximum absolute atomic E-state index is 5.93. The summed E-state index contributed by atoms with van der Waals surface area (Å²) in [6.45, 7) is 1.80. The third-order valence-electron chi connectivity index (χ3n) is 2.07. The smallest absolute Gasteiger partial charge is 0.257 e. The topological polar surface area (TPSA) is 85.8 Å². The zero-order valence-electron chi connectivity index (χ0n) is 9.72. The highest BCUT2D eigenvalue weighted by atomic mass is 35.5. The van der Waals surface area contributed by atoms with Gasteiger partial charge in [0, 0.05) is 14.1 Å². The lowest BCUT2D eigenvalue weighted by molar-refractivity contribution is 0.783. The van der Waals surface area contributed by atoms with E-state index < -0.39 is 0 Å². The summed E-state index contributed by atoms with van der Waals surface area (Å²) in [4.78, 5) is 14.0. The van der Waals surface area contributed by atoms with Gasteiger partial charge in [0.25, 0.3) is 5.95 Å². The number of aryl methyl sites for hydroxylation is 1. The van der Waals surface area contributed by atoms with Gasteiger partial charge < -0.3 is 10.6 Å². The maximum Gasteiger partial charge on any atom is 0.257 e. The second kappa shape index (κ2) is 4.17. The number of nitrogens with zero attached hydrogens (tertiary/aromatic N) is 6. The minimum atomic E-state index is 0.142. The minimum absolute atomic E-state index is 0.142. The Kier molecular flexibility index (Phi) is 2.84. The Bertz CT molecular complexity index is 529. The molecule has 0 aliphatic heterocycles. The molecule has 0 aliphatic rings. The van der Waals surface area contributed by atoms with Crippen LogP contribution in [0.3, 0.4) is 0 Å². The van der Waals surface area contributed by atoms with Crippen molar-refractivity contribution in [3.8, 4) is 5.95 Å². The zero-order valence-corrected chi connectivity index (χ0v) is 10.5.